The Balaban J connectivity index is 0.00000210. The van der Waals surface area contributed by atoms with Gasteiger partial charge in [0.05, 0.1) is 11.7 Å². The molecule has 9 nitrogen and oxygen atoms in total. The van der Waals surface area contributed by atoms with Crippen molar-refractivity contribution in [2.75, 3.05) is 6.61 Å². The molecule has 11 heteroatoms. The molecule has 136 valence electrons. The Morgan fingerprint density at radius 2 is 2.04 bits per heavy atom. The fraction of sp³-hybridized carbons (Fsp3) is 0.375. The van der Waals surface area contributed by atoms with Crippen LogP contribution in [0.5, 0.6) is 5.75 Å². The molecule has 1 N–H and O–H groups in total. The molecule has 0 saturated carbocycles. The van der Waals surface area contributed by atoms with Gasteiger partial charge in [-0.1, -0.05) is 18.2 Å². The maximum absolute atomic E-state index is 12.4. The Hall–Kier alpha value is -1.75. The largest absolute Gasteiger partial charge is 1.00 e. The van der Waals surface area contributed by atoms with Crippen molar-refractivity contribution in [3.63, 3.8) is 0 Å². The summed E-state index contributed by atoms with van der Waals surface area (Å²) < 4.78 is 10.3. The predicted molar refractivity (Wildman–Crippen MR) is 84.3 cm³/mol. The number of ether oxygens (including phenoxy) is 2. The fourth-order valence-electron chi connectivity index (χ4n) is 3.33. The van der Waals surface area contributed by atoms with Crippen molar-refractivity contribution in [3.8, 4) is 5.75 Å². The van der Waals surface area contributed by atoms with Gasteiger partial charge < -0.3 is 24.7 Å². The number of rotatable bonds is 5. The number of carbonyl (C=O) groups excluding carboxylic acids is 4. The predicted octanol–water partition coefficient (Wildman–Crippen LogP) is -4.77. The first-order valence-electron chi connectivity index (χ1n) is 7.82. The number of amides is 2. The molecule has 0 spiro atoms. The summed E-state index contributed by atoms with van der Waals surface area (Å²) in [6.45, 7) is -0.283. The maximum atomic E-state index is 12.4. The number of carboxylic acids is 1. The molecule has 0 aromatic heterocycles. The van der Waals surface area contributed by atoms with Crippen LogP contribution >= 0.6 is 11.8 Å². The van der Waals surface area contributed by atoms with Crippen molar-refractivity contribution in [3.05, 3.63) is 30.3 Å². The van der Waals surface area contributed by atoms with Crippen molar-refractivity contribution in [2.24, 2.45) is 0 Å². The monoisotopic (exact) mass is 400 g/mol. The molecular weight excluding hydrogens is 387 g/mol. The zero-order valence-corrected chi connectivity index (χ0v) is 17.1. The number of hydrogen-bond donors (Lipinski definition) is 1. The van der Waals surface area contributed by atoms with Gasteiger partial charge in [-0.2, -0.15) is 0 Å². The molecule has 3 aliphatic heterocycles. The van der Waals surface area contributed by atoms with E-state index in [4.69, 9.17) is 9.47 Å². The van der Waals surface area contributed by atoms with Crippen LogP contribution in [0.15, 0.2) is 30.3 Å². The van der Waals surface area contributed by atoms with Crippen LogP contribution in [0, 0.1) is 0 Å². The average Bonchev–Trinajstić information content (AvgIpc) is 3.08. The zero-order valence-electron chi connectivity index (χ0n) is 14.2. The minimum absolute atomic E-state index is 0. The van der Waals surface area contributed by atoms with E-state index < -0.39 is 46.1 Å². The smallest absolute Gasteiger partial charge is 0.544 e. The summed E-state index contributed by atoms with van der Waals surface area (Å²) in [6.07, 6.45) is -0.128. The minimum Gasteiger partial charge on any atom is -0.544 e. The second kappa shape index (κ2) is 7.34. The van der Waals surface area contributed by atoms with Gasteiger partial charge in [-0.3, -0.25) is 19.3 Å². The summed E-state index contributed by atoms with van der Waals surface area (Å²) in [5.74, 6) is -2.95. The topological polar surface area (TPSA) is 125 Å². The second-order valence-corrected chi connectivity index (χ2v) is 7.36. The van der Waals surface area contributed by atoms with Crippen LogP contribution < -0.4 is 44.7 Å². The number of fused-ring (bicyclic) bond motifs is 3. The van der Waals surface area contributed by atoms with Gasteiger partial charge in [-0.05, 0) is 12.1 Å². The maximum Gasteiger partial charge on any atom is 1.00 e. The van der Waals surface area contributed by atoms with Crippen LogP contribution in [0.25, 0.3) is 0 Å². The number of aliphatic carboxylic acids is 1. The average molecular weight is 400 g/mol. The number of nitrogens with zero attached hydrogens (tertiary/aromatic N) is 1. The molecule has 4 rings (SSSR count). The first-order valence-corrected chi connectivity index (χ1v) is 8.77. The van der Waals surface area contributed by atoms with Crippen LogP contribution in [0.3, 0.4) is 0 Å². The van der Waals surface area contributed by atoms with Crippen molar-refractivity contribution < 1.29 is 63.3 Å². The van der Waals surface area contributed by atoms with E-state index in [1.54, 1.807) is 24.3 Å². The van der Waals surface area contributed by atoms with E-state index in [0.717, 1.165) is 16.7 Å². The first kappa shape index (κ1) is 20.0. The molecule has 0 radical (unpaired) electrons. The summed E-state index contributed by atoms with van der Waals surface area (Å²) in [4.78, 5) is 48.4. The minimum atomic E-state index is -2.08. The van der Waals surface area contributed by atoms with Gasteiger partial charge in [0, 0.05) is 0 Å². The Kier molecular flexibility index (Phi) is 5.44. The molecule has 0 aliphatic carbocycles. The quantitative estimate of drug-likeness (QED) is 0.297. The summed E-state index contributed by atoms with van der Waals surface area (Å²) in [5.41, 5.74) is -2.08. The Labute approximate surface area is 180 Å². The molecule has 3 heterocycles. The van der Waals surface area contributed by atoms with E-state index in [9.17, 15) is 24.3 Å². The van der Waals surface area contributed by atoms with Gasteiger partial charge in [0.15, 0.2) is 6.61 Å². The Bertz CT molecular complexity index is 807. The van der Waals surface area contributed by atoms with Crippen molar-refractivity contribution in [1.82, 2.24) is 10.2 Å². The molecule has 3 aliphatic rings. The van der Waals surface area contributed by atoms with Crippen LogP contribution in [-0.4, -0.2) is 57.7 Å². The number of thioether (sulfide) groups is 1. The molecule has 3 fully saturated rings. The molecule has 4 atom stereocenters. The number of hydrogen-bond acceptors (Lipinski definition) is 8. The van der Waals surface area contributed by atoms with E-state index >= 15 is 0 Å². The Morgan fingerprint density at radius 3 is 2.70 bits per heavy atom. The van der Waals surface area contributed by atoms with E-state index in [1.165, 1.54) is 0 Å². The standard InChI is InChI=1S/C16H14N2O7S.Na/c19-10(7-24-8-4-2-1-3-5-8)17-12-13(21)18-14(12)26-9-6-11(20)25-16(9,18)15(22)23;/h1-5,9,12,14H,6-7H2,(H,17,19)(H,22,23);/q;+1/p-1/t9-,12+,14+,16-;/m0./s1. The third kappa shape index (κ3) is 3.10. The summed E-state index contributed by atoms with van der Waals surface area (Å²) in [7, 11) is 0. The second-order valence-electron chi connectivity index (χ2n) is 6.03. The number of β-lactam (4-membered cyclic amide) rings is 1. The van der Waals surface area contributed by atoms with Crippen LogP contribution in [0.1, 0.15) is 6.42 Å². The normalized spacial score (nSPS) is 30.4. The first-order chi connectivity index (χ1) is 12.4. The molecule has 0 unspecified atom stereocenters. The van der Waals surface area contributed by atoms with Crippen LogP contribution in [-0.2, 0) is 23.9 Å². The summed E-state index contributed by atoms with van der Waals surface area (Å²) in [6, 6.07) is 7.81. The molecule has 3 saturated heterocycles. The Morgan fingerprint density at radius 1 is 1.33 bits per heavy atom. The molecule has 27 heavy (non-hydrogen) atoms. The molecule has 1 aromatic rings. The zero-order chi connectivity index (χ0) is 18.5. The summed E-state index contributed by atoms with van der Waals surface area (Å²) >= 11 is 1.11. The summed E-state index contributed by atoms with van der Waals surface area (Å²) in [5, 5.41) is 12.7. The van der Waals surface area contributed by atoms with Gasteiger partial charge in [0.1, 0.15) is 23.1 Å². The van der Waals surface area contributed by atoms with Crippen LogP contribution in [0.4, 0.5) is 0 Å². The third-order valence-corrected chi connectivity index (χ3v) is 6.06. The molecule has 1 aromatic carbocycles. The van der Waals surface area contributed by atoms with Gasteiger partial charge in [-0.15, -0.1) is 11.8 Å². The van der Waals surface area contributed by atoms with Gasteiger partial charge in [-0.25, -0.2) is 0 Å². The number of nitrogens with one attached hydrogen (secondary N) is 1. The number of carbonyl (C=O) groups is 4. The van der Waals surface area contributed by atoms with E-state index in [0.29, 0.717) is 5.75 Å². The molecular formula is C16H13N2NaO7S. The van der Waals surface area contributed by atoms with E-state index in [1.807, 2.05) is 6.07 Å². The molecule has 2 amide bonds. The number of para-hydroxylation sites is 1. The number of benzene rings is 1. The van der Waals surface area contributed by atoms with Crippen molar-refractivity contribution in [1.29, 1.82) is 0 Å². The fourth-order valence-corrected chi connectivity index (χ4v) is 5.06. The number of carboxylic acid groups (broad SMARTS) is 1. The van der Waals surface area contributed by atoms with E-state index in [-0.39, 0.29) is 42.6 Å². The SMILES string of the molecule is O=C(COc1ccccc1)N[C@@H]1C(=O)N2[C@@H]1S[C@H]1CC(=O)O[C@]12C(=O)[O-].[Na+]. The number of esters is 1. The van der Waals surface area contributed by atoms with Crippen LogP contribution in [0.2, 0.25) is 0 Å². The van der Waals surface area contributed by atoms with E-state index in [2.05, 4.69) is 5.32 Å². The van der Waals surface area contributed by atoms with Crippen molar-refractivity contribution in [2.45, 2.75) is 28.8 Å². The third-order valence-electron chi connectivity index (χ3n) is 4.48. The van der Waals surface area contributed by atoms with Crippen molar-refractivity contribution >= 4 is 35.5 Å². The van der Waals surface area contributed by atoms with Gasteiger partial charge in [0.25, 0.3) is 11.8 Å². The molecule has 0 bridgehead atoms. The van der Waals surface area contributed by atoms with Gasteiger partial charge >= 0.3 is 35.5 Å². The van der Waals surface area contributed by atoms with Gasteiger partial charge in [0.2, 0.25) is 5.72 Å².